The van der Waals surface area contributed by atoms with E-state index in [-0.39, 0.29) is 12.1 Å². The number of nitrogens with two attached hydrogens (primary N) is 2. The van der Waals surface area contributed by atoms with Crippen molar-refractivity contribution >= 4 is 0 Å². The van der Waals surface area contributed by atoms with Gasteiger partial charge in [0.05, 0.1) is 0 Å². The van der Waals surface area contributed by atoms with E-state index >= 15 is 0 Å². The van der Waals surface area contributed by atoms with Crippen LogP contribution in [-0.4, -0.2) is 48.1 Å². The third-order valence-electron chi connectivity index (χ3n) is 6.08. The van der Waals surface area contributed by atoms with Crippen molar-refractivity contribution in [1.82, 2.24) is 9.80 Å². The highest BCUT2D eigenvalue weighted by molar-refractivity contribution is 5.19. The molecule has 0 spiro atoms. The van der Waals surface area contributed by atoms with E-state index in [0.29, 0.717) is 24.2 Å². The van der Waals surface area contributed by atoms with Gasteiger partial charge in [0.2, 0.25) is 0 Å². The number of benzene rings is 2. The zero-order chi connectivity index (χ0) is 23.1. The molecule has 2 heterocycles. The lowest BCUT2D eigenvalue weighted by Crippen LogP contribution is -2.39. The molecule has 2 fully saturated rings. The van der Waals surface area contributed by atoms with Gasteiger partial charge in [0.1, 0.15) is 23.3 Å². The molecule has 2 aliphatic rings. The molecule has 4 nitrogen and oxygen atoms in total. The number of likely N-dealkylation sites (tertiary alicyclic amines) is 2. The number of nitrogens with zero attached hydrogens (tertiary/aromatic N) is 2. The first-order valence-corrected chi connectivity index (χ1v) is 11.1. The van der Waals surface area contributed by atoms with Crippen LogP contribution in [0.25, 0.3) is 0 Å². The predicted octanol–water partition coefficient (Wildman–Crippen LogP) is 3.78. The van der Waals surface area contributed by atoms with E-state index < -0.39 is 23.3 Å². The minimum atomic E-state index is -0.526. The normalized spacial score (nSPS) is 18.9. The second-order valence-corrected chi connectivity index (χ2v) is 8.70. The lowest BCUT2D eigenvalue weighted by atomic mass is 10.1. The summed E-state index contributed by atoms with van der Waals surface area (Å²) in [5.74, 6) is -1.98. The summed E-state index contributed by atoms with van der Waals surface area (Å²) in [6, 6.07) is 8.04. The monoisotopic (exact) mass is 452 g/mol. The van der Waals surface area contributed by atoms with E-state index in [1.807, 2.05) is 0 Å². The van der Waals surface area contributed by atoms with Crippen molar-refractivity contribution in [1.29, 1.82) is 0 Å². The van der Waals surface area contributed by atoms with Crippen LogP contribution in [0.3, 0.4) is 0 Å². The van der Waals surface area contributed by atoms with Crippen LogP contribution in [0, 0.1) is 23.3 Å². The Morgan fingerprint density at radius 2 is 0.969 bits per heavy atom. The molecule has 0 amide bonds. The zero-order valence-electron chi connectivity index (χ0n) is 18.3. The first-order valence-electron chi connectivity index (χ1n) is 11.1. The maximum atomic E-state index is 13.4. The van der Waals surface area contributed by atoms with Gasteiger partial charge in [0.15, 0.2) is 0 Å². The SMILES string of the molecule is NC1CCN(Cc2ccc(F)cc2F)CC1.NC1CCN(Cc2ccc(F)cc2F)CC1. The highest BCUT2D eigenvalue weighted by Gasteiger charge is 2.18. The molecule has 4 rings (SSSR count). The molecule has 2 saturated heterocycles. The summed E-state index contributed by atoms with van der Waals surface area (Å²) >= 11 is 0. The molecular weight excluding hydrogens is 420 g/mol. The van der Waals surface area contributed by atoms with E-state index in [1.165, 1.54) is 24.3 Å². The molecule has 176 valence electrons. The molecule has 2 aromatic carbocycles. The Kier molecular flexibility index (Phi) is 9.04. The number of hydrogen-bond donors (Lipinski definition) is 2. The Morgan fingerprint density at radius 3 is 1.28 bits per heavy atom. The predicted molar refractivity (Wildman–Crippen MR) is 118 cm³/mol. The van der Waals surface area contributed by atoms with Crippen LogP contribution >= 0.6 is 0 Å². The molecule has 32 heavy (non-hydrogen) atoms. The summed E-state index contributed by atoms with van der Waals surface area (Å²) in [5.41, 5.74) is 12.7. The standard InChI is InChI=1S/2C12H16F2N2/c2*13-10-2-1-9(12(14)7-10)8-16-5-3-11(15)4-6-16/h2*1-2,7,11H,3-6,8,15H2. The van der Waals surface area contributed by atoms with E-state index in [0.717, 1.165) is 64.0 Å². The second-order valence-electron chi connectivity index (χ2n) is 8.70. The molecule has 2 aromatic rings. The van der Waals surface area contributed by atoms with Crippen molar-refractivity contribution in [3.05, 3.63) is 70.8 Å². The van der Waals surface area contributed by atoms with E-state index in [9.17, 15) is 17.6 Å². The second kappa shape index (κ2) is 11.7. The first-order chi connectivity index (χ1) is 15.3. The lowest BCUT2D eigenvalue weighted by molar-refractivity contribution is 0.203. The molecule has 0 aromatic heterocycles. The third kappa shape index (κ3) is 7.55. The Morgan fingerprint density at radius 1 is 0.625 bits per heavy atom. The Balaban J connectivity index is 0.000000181. The van der Waals surface area contributed by atoms with Crippen molar-refractivity contribution in [3.8, 4) is 0 Å². The summed E-state index contributed by atoms with van der Waals surface area (Å²) in [6.07, 6.45) is 3.79. The Bertz CT molecular complexity index is 792. The maximum Gasteiger partial charge on any atom is 0.130 e. The fraction of sp³-hybridized carbons (Fsp3) is 0.500. The van der Waals surface area contributed by atoms with Crippen LogP contribution in [-0.2, 0) is 13.1 Å². The fourth-order valence-electron chi connectivity index (χ4n) is 4.00. The maximum absolute atomic E-state index is 13.4. The average Bonchev–Trinajstić information content (AvgIpc) is 2.76. The lowest BCUT2D eigenvalue weighted by Gasteiger charge is -2.30. The van der Waals surface area contributed by atoms with Crippen molar-refractivity contribution in [3.63, 3.8) is 0 Å². The molecule has 0 bridgehead atoms. The number of rotatable bonds is 4. The largest absolute Gasteiger partial charge is 0.328 e. The van der Waals surface area contributed by atoms with Crippen molar-refractivity contribution in [2.45, 2.75) is 50.9 Å². The first kappa shape index (κ1) is 24.6. The highest BCUT2D eigenvalue weighted by Crippen LogP contribution is 2.17. The van der Waals surface area contributed by atoms with Gasteiger partial charge in [-0.15, -0.1) is 0 Å². The van der Waals surface area contributed by atoms with Crippen LogP contribution in [0.2, 0.25) is 0 Å². The number of hydrogen-bond acceptors (Lipinski definition) is 4. The summed E-state index contributed by atoms with van der Waals surface area (Å²) in [4.78, 5) is 4.30. The Hall–Kier alpha value is -2.00. The molecule has 0 unspecified atom stereocenters. The molecular formula is C24H32F4N4. The average molecular weight is 453 g/mol. The van der Waals surface area contributed by atoms with E-state index in [4.69, 9.17) is 11.5 Å². The summed E-state index contributed by atoms with van der Waals surface area (Å²) in [7, 11) is 0. The van der Waals surface area contributed by atoms with Crippen molar-refractivity contribution in [2.75, 3.05) is 26.2 Å². The van der Waals surface area contributed by atoms with Gasteiger partial charge in [0, 0.05) is 48.4 Å². The molecule has 8 heteroatoms. The van der Waals surface area contributed by atoms with Crippen molar-refractivity contribution in [2.24, 2.45) is 11.5 Å². The van der Waals surface area contributed by atoms with Crippen LogP contribution in [0.5, 0.6) is 0 Å². The van der Waals surface area contributed by atoms with Gasteiger partial charge in [0.25, 0.3) is 0 Å². The van der Waals surface area contributed by atoms with Gasteiger partial charge in [-0.1, -0.05) is 12.1 Å². The van der Waals surface area contributed by atoms with Crippen LogP contribution in [0.15, 0.2) is 36.4 Å². The van der Waals surface area contributed by atoms with E-state index in [2.05, 4.69) is 9.80 Å². The number of halogens is 4. The van der Waals surface area contributed by atoms with Crippen molar-refractivity contribution < 1.29 is 17.6 Å². The smallest absolute Gasteiger partial charge is 0.130 e. The van der Waals surface area contributed by atoms with Gasteiger partial charge in [-0.05, 0) is 64.0 Å². The molecule has 0 aliphatic carbocycles. The molecule has 2 aliphatic heterocycles. The minimum absolute atomic E-state index is 0.273. The van der Waals surface area contributed by atoms with Crippen LogP contribution in [0.1, 0.15) is 36.8 Å². The van der Waals surface area contributed by atoms with Gasteiger partial charge in [-0.25, -0.2) is 17.6 Å². The van der Waals surface area contributed by atoms with Gasteiger partial charge < -0.3 is 11.5 Å². The quantitative estimate of drug-likeness (QED) is 0.694. The molecule has 4 N–H and O–H groups in total. The molecule has 0 radical (unpaired) electrons. The molecule has 0 saturated carbocycles. The minimum Gasteiger partial charge on any atom is -0.328 e. The van der Waals surface area contributed by atoms with Crippen LogP contribution in [0.4, 0.5) is 17.6 Å². The topological polar surface area (TPSA) is 58.5 Å². The van der Waals surface area contributed by atoms with Crippen LogP contribution < -0.4 is 11.5 Å². The third-order valence-corrected chi connectivity index (χ3v) is 6.08. The molecule has 0 atom stereocenters. The van der Waals surface area contributed by atoms with Gasteiger partial charge in [-0.3, -0.25) is 9.80 Å². The summed E-state index contributed by atoms with van der Waals surface area (Å²) in [5, 5.41) is 0. The highest BCUT2D eigenvalue weighted by atomic mass is 19.1. The van der Waals surface area contributed by atoms with Gasteiger partial charge >= 0.3 is 0 Å². The fourth-order valence-corrected chi connectivity index (χ4v) is 4.00. The van der Waals surface area contributed by atoms with Gasteiger partial charge in [-0.2, -0.15) is 0 Å². The van der Waals surface area contributed by atoms with E-state index in [1.54, 1.807) is 0 Å². The summed E-state index contributed by atoms with van der Waals surface area (Å²) in [6.45, 7) is 4.63. The number of piperidine rings is 2. The zero-order valence-corrected chi connectivity index (χ0v) is 18.3. The summed E-state index contributed by atoms with van der Waals surface area (Å²) < 4.78 is 52.2. The Labute approximate surface area is 187 Å².